The van der Waals surface area contributed by atoms with Crippen LogP contribution in [0.15, 0.2) is 0 Å². The van der Waals surface area contributed by atoms with Crippen molar-refractivity contribution in [3.8, 4) is 0 Å². The van der Waals surface area contributed by atoms with Gasteiger partial charge in [0.25, 0.3) is 0 Å². The van der Waals surface area contributed by atoms with E-state index in [-0.39, 0.29) is 36.0 Å². The minimum Gasteiger partial charge on any atom is -0.745 e. The molecule has 0 aliphatic carbocycles. The molecular formula is C6H15N2NaO3S. The summed E-state index contributed by atoms with van der Waals surface area (Å²) in [5, 5.41) is 0. The monoisotopic (exact) mass is 218 g/mol. The van der Waals surface area contributed by atoms with Crippen LogP contribution in [-0.4, -0.2) is 18.0 Å². The van der Waals surface area contributed by atoms with Crippen LogP contribution in [0.5, 0.6) is 0 Å². The van der Waals surface area contributed by atoms with E-state index in [0.717, 1.165) is 12.8 Å². The van der Waals surface area contributed by atoms with Gasteiger partial charge in [-0.05, 0) is 12.8 Å². The molecule has 0 aromatic carbocycles. The summed E-state index contributed by atoms with van der Waals surface area (Å²) in [6, 6.07) is 0. The molecule has 0 atom stereocenters. The van der Waals surface area contributed by atoms with Crippen molar-refractivity contribution in [3.05, 3.63) is 0 Å². The van der Waals surface area contributed by atoms with E-state index in [2.05, 4.69) is 0 Å². The molecule has 0 aromatic heterocycles. The molecule has 0 radical (unpaired) electrons. The fourth-order valence-corrected chi connectivity index (χ4v) is 1.17. The average Bonchev–Trinajstić information content (AvgIpc) is 1.85. The van der Waals surface area contributed by atoms with Crippen molar-refractivity contribution in [1.82, 2.24) is 0 Å². The van der Waals surface area contributed by atoms with Gasteiger partial charge in [-0.25, -0.2) is 8.42 Å². The Hall–Kier alpha value is 0.830. The van der Waals surface area contributed by atoms with Gasteiger partial charge in [0.2, 0.25) is 0 Å². The largest absolute Gasteiger partial charge is 1.00 e. The Morgan fingerprint density at radius 1 is 1.31 bits per heavy atom. The molecule has 13 heavy (non-hydrogen) atoms. The van der Waals surface area contributed by atoms with Gasteiger partial charge >= 0.3 is 29.6 Å². The van der Waals surface area contributed by atoms with E-state index in [0.29, 0.717) is 6.42 Å². The van der Waals surface area contributed by atoms with Gasteiger partial charge in [0.05, 0.1) is 0 Å². The summed E-state index contributed by atoms with van der Waals surface area (Å²) in [7, 11) is -4.58. The van der Waals surface area contributed by atoms with Crippen LogP contribution in [0.25, 0.3) is 0 Å². The molecule has 0 saturated heterocycles. The number of hydrogen-bond donors (Lipinski definition) is 2. The summed E-state index contributed by atoms with van der Waals surface area (Å²) in [5.41, 5.74) is 10.2. The molecule has 0 unspecified atom stereocenters. The van der Waals surface area contributed by atoms with Crippen molar-refractivity contribution in [1.29, 1.82) is 0 Å². The fourth-order valence-electron chi connectivity index (χ4n) is 0.776. The molecule has 0 bridgehead atoms. The van der Waals surface area contributed by atoms with Crippen LogP contribution < -0.4 is 41.0 Å². The molecule has 74 valence electrons. The topological polar surface area (TPSA) is 109 Å². The van der Waals surface area contributed by atoms with Gasteiger partial charge in [0, 0.05) is 0 Å². The molecule has 0 fully saturated rings. The normalized spacial score (nSPS) is 12.3. The molecule has 0 heterocycles. The molecule has 0 aromatic rings. The first kappa shape index (κ1) is 16.3. The Morgan fingerprint density at radius 3 is 2.08 bits per heavy atom. The van der Waals surface area contributed by atoms with Crippen molar-refractivity contribution < 1.29 is 42.5 Å². The van der Waals surface area contributed by atoms with Crippen LogP contribution in [0.3, 0.4) is 0 Å². The van der Waals surface area contributed by atoms with Crippen molar-refractivity contribution in [2.24, 2.45) is 11.5 Å². The van der Waals surface area contributed by atoms with Crippen LogP contribution >= 0.6 is 0 Å². The van der Waals surface area contributed by atoms with Crippen molar-refractivity contribution >= 4 is 10.1 Å². The first-order chi connectivity index (χ1) is 5.31. The van der Waals surface area contributed by atoms with Crippen LogP contribution in [0, 0.1) is 0 Å². The molecule has 0 amide bonds. The molecular weight excluding hydrogens is 203 g/mol. The molecule has 5 nitrogen and oxygen atoms in total. The Bertz CT molecular complexity index is 228. The van der Waals surface area contributed by atoms with Gasteiger partial charge in [-0.2, -0.15) is 0 Å². The van der Waals surface area contributed by atoms with Crippen LogP contribution in [-0.2, 0) is 10.1 Å². The molecule has 0 saturated carbocycles. The zero-order valence-corrected chi connectivity index (χ0v) is 10.9. The van der Waals surface area contributed by atoms with E-state index >= 15 is 0 Å². The van der Waals surface area contributed by atoms with E-state index in [4.69, 9.17) is 11.5 Å². The second-order valence-electron chi connectivity index (χ2n) is 2.87. The predicted octanol–water partition coefficient (Wildman–Crippen LogP) is -3.31. The van der Waals surface area contributed by atoms with E-state index in [9.17, 15) is 13.0 Å². The zero-order chi connectivity index (χ0) is 9.83. The van der Waals surface area contributed by atoms with Gasteiger partial charge in [-0.15, -0.1) is 0 Å². The smallest absolute Gasteiger partial charge is 0.745 e. The van der Waals surface area contributed by atoms with Crippen LogP contribution in [0.2, 0.25) is 0 Å². The first-order valence-electron chi connectivity index (χ1n) is 3.84. The summed E-state index contributed by atoms with van der Waals surface area (Å²) < 4.78 is 31.3. The molecule has 0 aliphatic heterocycles. The quantitative estimate of drug-likeness (QED) is 0.217. The Labute approximate surface area is 101 Å². The number of unbranched alkanes of at least 4 members (excludes halogenated alkanes) is 2. The third kappa shape index (κ3) is 6.01. The summed E-state index contributed by atoms with van der Waals surface area (Å²) in [4.78, 5) is -2.10. The van der Waals surface area contributed by atoms with Crippen molar-refractivity contribution in [3.63, 3.8) is 0 Å². The standard InChI is InChI=1S/C6H16N2O3S.Na/c1-2-3-4-5-6(7,8)12(9,10)11;/h2-5,7-8H2,1H3,(H,9,10,11);/q;+1/p-1. The van der Waals surface area contributed by atoms with Crippen LogP contribution in [0.1, 0.15) is 32.6 Å². The SMILES string of the molecule is CCCCCC(N)(N)S(=O)(=O)[O-].[Na+]. The third-order valence-corrected chi connectivity index (χ3v) is 2.77. The predicted molar refractivity (Wildman–Crippen MR) is 44.9 cm³/mol. The second kappa shape index (κ2) is 6.34. The molecule has 7 heteroatoms. The van der Waals surface area contributed by atoms with Gasteiger partial charge in [0.15, 0.2) is 4.99 Å². The summed E-state index contributed by atoms with van der Waals surface area (Å²) in [5.74, 6) is 0. The summed E-state index contributed by atoms with van der Waals surface area (Å²) in [6.45, 7) is 1.96. The molecule has 0 aliphatic rings. The van der Waals surface area contributed by atoms with Crippen molar-refractivity contribution in [2.75, 3.05) is 0 Å². The van der Waals surface area contributed by atoms with E-state index < -0.39 is 15.1 Å². The minimum atomic E-state index is -4.58. The van der Waals surface area contributed by atoms with Gasteiger partial charge in [0.1, 0.15) is 10.1 Å². The maximum atomic E-state index is 10.4. The van der Waals surface area contributed by atoms with Gasteiger partial charge in [-0.1, -0.05) is 19.8 Å². The summed E-state index contributed by atoms with van der Waals surface area (Å²) in [6.07, 6.45) is 2.33. The minimum absolute atomic E-state index is 0. The Balaban J connectivity index is 0. The third-order valence-electron chi connectivity index (χ3n) is 1.64. The Morgan fingerprint density at radius 2 is 1.77 bits per heavy atom. The number of nitrogens with two attached hydrogens (primary N) is 2. The number of rotatable bonds is 5. The molecule has 4 N–H and O–H groups in total. The maximum absolute atomic E-state index is 10.4. The second-order valence-corrected chi connectivity index (χ2v) is 4.53. The fraction of sp³-hybridized carbons (Fsp3) is 1.00. The first-order valence-corrected chi connectivity index (χ1v) is 5.25. The summed E-state index contributed by atoms with van der Waals surface area (Å²) >= 11 is 0. The number of hydrogen-bond acceptors (Lipinski definition) is 5. The average molecular weight is 218 g/mol. The van der Waals surface area contributed by atoms with E-state index in [1.54, 1.807) is 0 Å². The Kier molecular flexibility index (Phi) is 7.93. The maximum Gasteiger partial charge on any atom is 1.00 e. The van der Waals surface area contributed by atoms with Gasteiger partial charge in [-0.3, -0.25) is 0 Å². The van der Waals surface area contributed by atoms with Gasteiger partial charge < -0.3 is 16.0 Å². The van der Waals surface area contributed by atoms with E-state index in [1.165, 1.54) is 0 Å². The van der Waals surface area contributed by atoms with E-state index in [1.807, 2.05) is 6.92 Å². The van der Waals surface area contributed by atoms with Crippen LogP contribution in [0.4, 0.5) is 0 Å². The van der Waals surface area contributed by atoms with Crippen molar-refractivity contribution in [2.45, 2.75) is 37.6 Å². The molecule has 0 rings (SSSR count). The zero-order valence-electron chi connectivity index (χ0n) is 8.12. The molecule has 0 spiro atoms.